The molecular weight excluding hydrogens is 402 g/mol. The van der Waals surface area contributed by atoms with E-state index in [-0.39, 0.29) is 10.5 Å². The van der Waals surface area contributed by atoms with Gasteiger partial charge in [0.05, 0.1) is 10.1 Å². The molecule has 0 radical (unpaired) electrons. The summed E-state index contributed by atoms with van der Waals surface area (Å²) >= 11 is 13.5. The number of halogens is 3. The monoisotopic (exact) mass is 420 g/mol. The summed E-state index contributed by atoms with van der Waals surface area (Å²) in [4.78, 5) is 0.131. The van der Waals surface area contributed by atoms with Crippen LogP contribution in [0.25, 0.3) is 0 Å². The van der Waals surface area contributed by atoms with Gasteiger partial charge in [0.15, 0.2) is 9.84 Å². The van der Waals surface area contributed by atoms with Crippen LogP contribution in [0.1, 0.15) is 30.1 Å². The van der Waals surface area contributed by atoms with Crippen LogP contribution >= 0.6 is 35.0 Å². The van der Waals surface area contributed by atoms with Crippen molar-refractivity contribution in [3.63, 3.8) is 0 Å². The molecule has 136 valence electrons. The minimum absolute atomic E-state index is 0.117. The van der Waals surface area contributed by atoms with Gasteiger partial charge in [-0.25, -0.2) is 12.8 Å². The number of sulfone groups is 1. The maximum Gasteiger partial charge on any atom is 0.185 e. The highest BCUT2D eigenvalue weighted by molar-refractivity contribution is 7.98. The van der Waals surface area contributed by atoms with Crippen molar-refractivity contribution < 1.29 is 12.8 Å². The molecule has 7 heteroatoms. The van der Waals surface area contributed by atoms with E-state index in [2.05, 4.69) is 0 Å². The molecule has 0 aromatic heterocycles. The second-order valence-corrected chi connectivity index (χ2v) is 9.63. The van der Waals surface area contributed by atoms with Gasteiger partial charge in [-0.1, -0.05) is 29.6 Å². The smallest absolute Gasteiger partial charge is 0.185 e. The minimum atomic E-state index is -3.76. The van der Waals surface area contributed by atoms with E-state index in [0.29, 0.717) is 22.9 Å². The lowest BCUT2D eigenvalue weighted by Crippen LogP contribution is -2.15. The zero-order valence-electron chi connectivity index (χ0n) is 13.7. The Labute approximate surface area is 162 Å². The van der Waals surface area contributed by atoms with E-state index in [1.165, 1.54) is 42.5 Å². The van der Waals surface area contributed by atoms with E-state index >= 15 is 0 Å². The molecule has 2 aromatic rings. The molecule has 0 fully saturated rings. The lowest BCUT2D eigenvalue weighted by molar-refractivity contribution is 0.552. The van der Waals surface area contributed by atoms with Gasteiger partial charge in [0.25, 0.3) is 0 Å². The van der Waals surface area contributed by atoms with Crippen LogP contribution < -0.4 is 0 Å². The fraction of sp³-hybridized carbons (Fsp3) is 0.333. The van der Waals surface area contributed by atoms with Crippen LogP contribution in [0.5, 0.6) is 0 Å². The summed E-state index contributed by atoms with van der Waals surface area (Å²) < 4.78 is 40.6. The number of thioether (sulfide) groups is 1. The molecule has 1 unspecified atom stereocenters. The highest BCUT2D eigenvalue weighted by atomic mass is 35.5. The van der Waals surface area contributed by atoms with Gasteiger partial charge < -0.3 is 0 Å². The number of rotatable bonds is 8. The molecule has 2 rings (SSSR count). The Kier molecular flexibility index (Phi) is 7.62. The predicted octanol–water partition coefficient (Wildman–Crippen LogP) is 6.18. The Hall–Kier alpha value is -0.750. The van der Waals surface area contributed by atoms with Crippen molar-refractivity contribution in [3.8, 4) is 0 Å². The zero-order valence-corrected chi connectivity index (χ0v) is 16.9. The Bertz CT molecular complexity index is 808. The van der Waals surface area contributed by atoms with E-state index in [4.69, 9.17) is 23.2 Å². The quantitative estimate of drug-likeness (QED) is 0.477. The van der Waals surface area contributed by atoms with Gasteiger partial charge in [-0.05, 0) is 67.3 Å². The van der Waals surface area contributed by atoms with Gasteiger partial charge in [0.2, 0.25) is 0 Å². The first-order valence-corrected chi connectivity index (χ1v) is 11.5. The van der Waals surface area contributed by atoms with Crippen LogP contribution in [-0.4, -0.2) is 20.4 Å². The lowest BCUT2D eigenvalue weighted by atomic mass is 10.1. The molecule has 0 heterocycles. The van der Waals surface area contributed by atoms with Gasteiger partial charge in [-0.3, -0.25) is 0 Å². The summed E-state index contributed by atoms with van der Waals surface area (Å²) in [6, 6.07) is 9.98. The van der Waals surface area contributed by atoms with Crippen LogP contribution in [0.15, 0.2) is 47.4 Å². The molecule has 0 aliphatic carbocycles. The summed E-state index contributed by atoms with van der Waals surface area (Å²) in [5.41, 5.74) is 0.117. The Balaban J connectivity index is 2.42. The fourth-order valence-electron chi connectivity index (χ4n) is 2.60. The van der Waals surface area contributed by atoms with Crippen molar-refractivity contribution in [2.75, 3.05) is 12.0 Å². The fourth-order valence-corrected chi connectivity index (χ4v) is 5.24. The minimum Gasteiger partial charge on any atom is -0.223 e. The van der Waals surface area contributed by atoms with Crippen LogP contribution in [0, 0.1) is 5.82 Å². The third-order valence-electron chi connectivity index (χ3n) is 3.89. The van der Waals surface area contributed by atoms with Crippen LogP contribution in [0.4, 0.5) is 4.39 Å². The number of benzene rings is 2. The first-order valence-electron chi connectivity index (χ1n) is 7.79. The second kappa shape index (κ2) is 9.26. The molecule has 0 amide bonds. The van der Waals surface area contributed by atoms with Crippen molar-refractivity contribution in [2.45, 2.75) is 29.4 Å². The average Bonchev–Trinajstić information content (AvgIpc) is 2.57. The summed E-state index contributed by atoms with van der Waals surface area (Å²) in [5.74, 6) is 0.378. The molecule has 0 spiro atoms. The summed E-state index contributed by atoms with van der Waals surface area (Å²) in [7, 11) is -3.76. The second-order valence-electron chi connectivity index (χ2n) is 5.64. The molecule has 2 aromatic carbocycles. The van der Waals surface area contributed by atoms with Crippen molar-refractivity contribution in [3.05, 3.63) is 63.9 Å². The van der Waals surface area contributed by atoms with Crippen LogP contribution in [0.2, 0.25) is 10.0 Å². The van der Waals surface area contributed by atoms with Crippen LogP contribution in [0.3, 0.4) is 0 Å². The van der Waals surface area contributed by atoms with Gasteiger partial charge in [-0.2, -0.15) is 11.8 Å². The van der Waals surface area contributed by atoms with Gasteiger partial charge >= 0.3 is 0 Å². The number of unbranched alkanes of at least 4 members (excludes halogenated alkanes) is 1. The Morgan fingerprint density at radius 3 is 2.32 bits per heavy atom. The van der Waals surface area contributed by atoms with E-state index in [9.17, 15) is 12.8 Å². The largest absolute Gasteiger partial charge is 0.223 e. The zero-order chi connectivity index (χ0) is 18.4. The maximum atomic E-state index is 14.4. The molecule has 0 saturated carbocycles. The van der Waals surface area contributed by atoms with Gasteiger partial charge in [0.1, 0.15) is 5.82 Å². The summed E-state index contributed by atoms with van der Waals surface area (Å²) in [5, 5.41) is -0.213. The third-order valence-corrected chi connectivity index (χ3v) is 7.24. The van der Waals surface area contributed by atoms with Crippen LogP contribution in [-0.2, 0) is 9.84 Å². The lowest BCUT2D eigenvalue weighted by Gasteiger charge is -2.19. The average molecular weight is 421 g/mol. The van der Waals surface area contributed by atoms with Crippen molar-refractivity contribution in [1.82, 2.24) is 0 Å². The molecular formula is C18H19Cl2FO2S2. The van der Waals surface area contributed by atoms with Crippen molar-refractivity contribution in [2.24, 2.45) is 0 Å². The molecule has 0 bridgehead atoms. The highest BCUT2D eigenvalue weighted by Crippen LogP contribution is 2.36. The molecule has 0 saturated heterocycles. The number of hydrogen-bond donors (Lipinski definition) is 0. The van der Waals surface area contributed by atoms with Gasteiger partial charge in [-0.15, -0.1) is 0 Å². The maximum absolute atomic E-state index is 14.4. The standard InChI is InChI=1S/C18H19Cl2FO2S2/c1-24-11-3-2-4-18(16-12-14(20)7-10-17(16)21)25(22,23)15-8-5-13(19)6-9-15/h5-10,12,18H,2-4,11H2,1H3. The third kappa shape index (κ3) is 5.36. The molecule has 1 atom stereocenters. The van der Waals surface area contributed by atoms with E-state index in [1.807, 2.05) is 6.26 Å². The summed E-state index contributed by atoms with van der Waals surface area (Å²) in [6.07, 6.45) is 3.89. The molecule has 0 N–H and O–H groups in total. The first kappa shape index (κ1) is 20.6. The first-order chi connectivity index (χ1) is 11.9. The molecule has 0 aliphatic rings. The Morgan fingerprint density at radius 2 is 1.68 bits per heavy atom. The topological polar surface area (TPSA) is 34.1 Å². The Morgan fingerprint density at radius 1 is 1.04 bits per heavy atom. The van der Waals surface area contributed by atoms with E-state index in [0.717, 1.165) is 12.2 Å². The van der Waals surface area contributed by atoms with Crippen molar-refractivity contribution >= 4 is 44.8 Å². The van der Waals surface area contributed by atoms with Gasteiger partial charge in [0, 0.05) is 15.6 Å². The highest BCUT2D eigenvalue weighted by Gasteiger charge is 2.31. The molecule has 25 heavy (non-hydrogen) atoms. The molecule has 2 nitrogen and oxygen atoms in total. The van der Waals surface area contributed by atoms with E-state index in [1.54, 1.807) is 11.8 Å². The number of hydrogen-bond acceptors (Lipinski definition) is 3. The summed E-state index contributed by atoms with van der Waals surface area (Å²) in [6.45, 7) is 0. The SMILES string of the molecule is CSCCCCC(c1cc(Cl)ccc1F)S(=O)(=O)c1ccc(Cl)cc1. The normalized spacial score (nSPS) is 13.0. The molecule has 0 aliphatic heterocycles. The van der Waals surface area contributed by atoms with E-state index < -0.39 is 20.9 Å². The predicted molar refractivity (Wildman–Crippen MR) is 105 cm³/mol. The van der Waals surface area contributed by atoms with Crippen molar-refractivity contribution in [1.29, 1.82) is 0 Å².